The molecule has 0 fully saturated rings. The Balaban J connectivity index is 1.75. The molecular formula is C19H22N2O2. The number of fused-ring (bicyclic) bond motifs is 1. The molecule has 0 spiro atoms. The predicted molar refractivity (Wildman–Crippen MR) is 91.6 cm³/mol. The van der Waals surface area contributed by atoms with Crippen molar-refractivity contribution in [1.82, 2.24) is 0 Å². The van der Waals surface area contributed by atoms with Gasteiger partial charge in [0.05, 0.1) is 11.3 Å². The molecule has 0 amide bonds. The van der Waals surface area contributed by atoms with Crippen LogP contribution in [0.1, 0.15) is 27.9 Å². The molecule has 0 unspecified atom stereocenters. The van der Waals surface area contributed by atoms with Gasteiger partial charge in [0.1, 0.15) is 6.61 Å². The summed E-state index contributed by atoms with van der Waals surface area (Å²) in [5.41, 5.74) is 9.52. The number of nitrogens with zero attached hydrogens (tertiary/aromatic N) is 1. The third kappa shape index (κ3) is 3.54. The van der Waals surface area contributed by atoms with Crippen molar-refractivity contribution in [2.45, 2.75) is 19.4 Å². The van der Waals surface area contributed by atoms with Crippen molar-refractivity contribution in [3.05, 3.63) is 65.2 Å². The number of nitrogens with two attached hydrogens (primary N) is 1. The lowest BCUT2D eigenvalue weighted by atomic mass is 10.1. The average Bonchev–Trinajstić information content (AvgIpc) is 3.02. The number of rotatable bonds is 6. The fourth-order valence-corrected chi connectivity index (χ4v) is 3.01. The fourth-order valence-electron chi connectivity index (χ4n) is 3.01. The minimum absolute atomic E-state index is 0.259. The van der Waals surface area contributed by atoms with Gasteiger partial charge >= 0.3 is 5.97 Å². The highest BCUT2D eigenvalue weighted by molar-refractivity contribution is 5.97. The van der Waals surface area contributed by atoms with Crippen LogP contribution in [0.2, 0.25) is 0 Å². The Morgan fingerprint density at radius 3 is 2.74 bits per heavy atom. The number of hydrogen-bond donors (Lipinski definition) is 1. The molecule has 1 heterocycles. The van der Waals surface area contributed by atoms with Crippen LogP contribution in [0.5, 0.6) is 0 Å². The molecule has 4 heteroatoms. The summed E-state index contributed by atoms with van der Waals surface area (Å²) in [6.07, 6.45) is 1.90. The number of benzene rings is 2. The Morgan fingerprint density at radius 2 is 1.96 bits per heavy atom. The van der Waals surface area contributed by atoms with Crippen molar-refractivity contribution >= 4 is 11.7 Å². The second kappa shape index (κ2) is 7.29. The van der Waals surface area contributed by atoms with Crippen molar-refractivity contribution in [3.8, 4) is 0 Å². The van der Waals surface area contributed by atoms with Crippen molar-refractivity contribution in [1.29, 1.82) is 0 Å². The number of carbonyl (C=O) groups excluding carboxylic acids is 1. The van der Waals surface area contributed by atoms with Gasteiger partial charge in [-0.15, -0.1) is 0 Å². The third-order valence-corrected chi connectivity index (χ3v) is 4.15. The second-order valence-electron chi connectivity index (χ2n) is 5.75. The Kier molecular flexibility index (Phi) is 4.93. The number of ether oxygens (including phenoxy) is 1. The lowest BCUT2D eigenvalue weighted by Gasteiger charge is -2.21. The van der Waals surface area contributed by atoms with Gasteiger partial charge < -0.3 is 15.4 Å². The van der Waals surface area contributed by atoms with E-state index in [1.165, 1.54) is 5.56 Å². The van der Waals surface area contributed by atoms with Gasteiger partial charge in [-0.1, -0.05) is 42.5 Å². The quantitative estimate of drug-likeness (QED) is 0.834. The normalized spacial score (nSPS) is 13.0. The van der Waals surface area contributed by atoms with E-state index in [9.17, 15) is 4.79 Å². The maximum Gasteiger partial charge on any atom is 0.340 e. The highest BCUT2D eigenvalue weighted by atomic mass is 16.5. The van der Waals surface area contributed by atoms with Gasteiger partial charge in [-0.2, -0.15) is 0 Å². The minimum Gasteiger partial charge on any atom is -0.457 e. The lowest BCUT2D eigenvalue weighted by Crippen LogP contribution is -2.25. The zero-order chi connectivity index (χ0) is 16.1. The molecule has 2 aromatic rings. The summed E-state index contributed by atoms with van der Waals surface area (Å²) in [6, 6.07) is 15.6. The molecule has 23 heavy (non-hydrogen) atoms. The lowest BCUT2D eigenvalue weighted by molar-refractivity contribution is 0.0473. The Bertz CT molecular complexity index is 670. The zero-order valence-corrected chi connectivity index (χ0v) is 13.2. The maximum absolute atomic E-state index is 12.5. The van der Waals surface area contributed by atoms with Crippen LogP contribution >= 0.6 is 0 Å². The molecule has 4 nitrogen and oxygen atoms in total. The van der Waals surface area contributed by atoms with E-state index < -0.39 is 0 Å². The Hall–Kier alpha value is -2.33. The van der Waals surface area contributed by atoms with Crippen LogP contribution in [0.25, 0.3) is 0 Å². The van der Waals surface area contributed by atoms with Gasteiger partial charge in [-0.05, 0) is 36.6 Å². The molecule has 0 saturated carbocycles. The van der Waals surface area contributed by atoms with Crippen molar-refractivity contribution in [2.75, 3.05) is 24.5 Å². The minimum atomic E-state index is -0.259. The smallest absolute Gasteiger partial charge is 0.340 e. The molecule has 1 aliphatic rings. The van der Waals surface area contributed by atoms with Crippen molar-refractivity contribution in [2.24, 2.45) is 5.73 Å². The molecule has 2 aromatic carbocycles. The number of carbonyl (C=O) groups is 1. The van der Waals surface area contributed by atoms with Crippen LogP contribution < -0.4 is 10.6 Å². The Labute approximate surface area is 136 Å². The number of hydrogen-bond acceptors (Lipinski definition) is 4. The molecule has 0 bridgehead atoms. The summed E-state index contributed by atoms with van der Waals surface area (Å²) >= 11 is 0. The third-order valence-electron chi connectivity index (χ3n) is 4.15. The molecule has 120 valence electrons. The molecule has 1 aliphatic heterocycles. The first-order chi connectivity index (χ1) is 11.3. The number of esters is 1. The van der Waals surface area contributed by atoms with E-state index in [1.54, 1.807) is 0 Å². The first kappa shape index (κ1) is 15.6. The van der Waals surface area contributed by atoms with Gasteiger partial charge in [-0.25, -0.2) is 4.79 Å². The van der Waals surface area contributed by atoms with Crippen LogP contribution in [0, 0.1) is 0 Å². The summed E-state index contributed by atoms with van der Waals surface area (Å²) in [4.78, 5) is 14.8. The molecule has 0 aromatic heterocycles. The van der Waals surface area contributed by atoms with Crippen LogP contribution in [-0.4, -0.2) is 25.6 Å². The highest BCUT2D eigenvalue weighted by Crippen LogP contribution is 2.32. The highest BCUT2D eigenvalue weighted by Gasteiger charge is 2.25. The summed E-state index contributed by atoms with van der Waals surface area (Å²) in [5, 5.41) is 0. The first-order valence-corrected chi connectivity index (χ1v) is 8.07. The molecule has 0 saturated heterocycles. The Morgan fingerprint density at radius 1 is 1.13 bits per heavy atom. The molecule has 2 N–H and O–H groups in total. The van der Waals surface area contributed by atoms with E-state index in [1.807, 2.05) is 42.5 Å². The van der Waals surface area contributed by atoms with E-state index in [4.69, 9.17) is 10.5 Å². The predicted octanol–water partition coefficient (Wildman–Crippen LogP) is 2.75. The van der Waals surface area contributed by atoms with Gasteiger partial charge in [0.25, 0.3) is 0 Å². The van der Waals surface area contributed by atoms with E-state index in [0.717, 1.165) is 37.2 Å². The summed E-state index contributed by atoms with van der Waals surface area (Å²) in [6.45, 7) is 2.78. The van der Waals surface area contributed by atoms with Crippen LogP contribution in [0.15, 0.2) is 48.5 Å². The zero-order valence-electron chi connectivity index (χ0n) is 13.2. The van der Waals surface area contributed by atoms with Gasteiger partial charge in [0, 0.05) is 13.1 Å². The summed E-state index contributed by atoms with van der Waals surface area (Å²) < 4.78 is 5.50. The first-order valence-electron chi connectivity index (χ1n) is 8.07. The van der Waals surface area contributed by atoms with Gasteiger partial charge in [-0.3, -0.25) is 0 Å². The number of para-hydroxylation sites is 1. The molecule has 0 atom stereocenters. The van der Waals surface area contributed by atoms with E-state index in [2.05, 4.69) is 11.0 Å². The topological polar surface area (TPSA) is 55.6 Å². The van der Waals surface area contributed by atoms with Crippen molar-refractivity contribution < 1.29 is 9.53 Å². The van der Waals surface area contributed by atoms with Gasteiger partial charge in [0.2, 0.25) is 0 Å². The summed E-state index contributed by atoms with van der Waals surface area (Å²) in [7, 11) is 0. The maximum atomic E-state index is 12.5. The molecule has 0 radical (unpaired) electrons. The number of anilines is 1. The fraction of sp³-hybridized carbons (Fsp3) is 0.316. The average molecular weight is 310 g/mol. The van der Waals surface area contributed by atoms with E-state index in [-0.39, 0.29) is 5.97 Å². The van der Waals surface area contributed by atoms with Crippen molar-refractivity contribution in [3.63, 3.8) is 0 Å². The molecular weight excluding hydrogens is 288 g/mol. The molecule has 0 aliphatic carbocycles. The van der Waals surface area contributed by atoms with Gasteiger partial charge in [0.15, 0.2) is 0 Å². The standard InChI is InChI=1S/C19H22N2O2/c20-11-5-12-21-13-10-16-8-4-9-17(18(16)21)19(22)23-14-15-6-2-1-3-7-15/h1-4,6-9H,5,10-14,20H2. The molecule has 3 rings (SSSR count). The van der Waals surface area contributed by atoms with E-state index in [0.29, 0.717) is 18.7 Å². The largest absolute Gasteiger partial charge is 0.457 e. The van der Waals surface area contributed by atoms with Crippen LogP contribution in [0.4, 0.5) is 5.69 Å². The summed E-state index contributed by atoms with van der Waals surface area (Å²) in [5.74, 6) is -0.259. The second-order valence-corrected chi connectivity index (χ2v) is 5.75. The van der Waals surface area contributed by atoms with Crippen LogP contribution in [-0.2, 0) is 17.8 Å². The monoisotopic (exact) mass is 310 g/mol. The van der Waals surface area contributed by atoms with E-state index >= 15 is 0 Å². The SMILES string of the molecule is NCCCN1CCc2cccc(C(=O)OCc3ccccc3)c21. The van der Waals surface area contributed by atoms with Crippen LogP contribution in [0.3, 0.4) is 0 Å².